The molecule has 13 heteroatoms. The number of hydrogen-bond acceptors (Lipinski definition) is 7. The molecule has 0 saturated heterocycles. The Morgan fingerprint density at radius 2 is 2.03 bits per heavy atom. The Morgan fingerprint density at radius 1 is 1.32 bits per heavy atom. The van der Waals surface area contributed by atoms with Crippen molar-refractivity contribution in [1.82, 2.24) is 30.6 Å². The number of alkyl halides is 3. The molecule has 6 N–H and O–H groups in total. The summed E-state index contributed by atoms with van der Waals surface area (Å²) in [4.78, 5) is 25.2. The zero-order valence-corrected chi connectivity index (χ0v) is 20.8. The fourth-order valence-corrected chi connectivity index (χ4v) is 3.26. The molecule has 2 aromatic rings. The molecule has 3 rings (SSSR count). The van der Waals surface area contributed by atoms with Crippen LogP contribution in [-0.4, -0.2) is 45.5 Å². The number of hydrogen-bond donors (Lipinski definition) is 4. The maximum absolute atomic E-state index is 14.3. The third-order valence-electron chi connectivity index (χ3n) is 5.30. The van der Waals surface area contributed by atoms with E-state index < -0.39 is 23.9 Å². The highest BCUT2D eigenvalue weighted by atomic mass is 19.3. The Bertz CT molecular complexity index is 1100. The van der Waals surface area contributed by atoms with Gasteiger partial charge in [-0.2, -0.15) is 0 Å². The van der Waals surface area contributed by atoms with E-state index >= 15 is 0 Å². The fourth-order valence-electron chi connectivity index (χ4n) is 3.26. The van der Waals surface area contributed by atoms with Crippen molar-refractivity contribution in [3.8, 4) is 0 Å². The number of carbonyl (C=O) groups excluding carboxylic acids is 2. The second-order valence-corrected chi connectivity index (χ2v) is 8.65. The van der Waals surface area contributed by atoms with Crippen LogP contribution in [0, 0.1) is 12.8 Å². The van der Waals surface area contributed by atoms with E-state index in [9.17, 15) is 18.0 Å². The molecule has 1 unspecified atom stereocenters. The van der Waals surface area contributed by atoms with Crippen LogP contribution in [0.3, 0.4) is 0 Å². The number of halogens is 3. The minimum atomic E-state index is -2.91. The molecule has 0 radical (unpaired) electrons. The van der Waals surface area contributed by atoms with Crippen molar-refractivity contribution in [1.29, 1.82) is 0 Å². The highest BCUT2D eigenvalue weighted by Crippen LogP contribution is 2.49. The summed E-state index contributed by atoms with van der Waals surface area (Å²) in [5.41, 5.74) is 12.9. The second-order valence-electron chi connectivity index (χ2n) is 8.65. The standard InChI is InChI=1S/C22H28F3N7O.C2H5NO/c1-14-12-32(31-30-14)13-17(23)4-5-18(26)6-7-20(27)29-21(33)11-19-10-16(8-9-28-19)22(24,25)15-2-3-15;1-3-2-4/h6-10,12,15,17H,2-5,11,13,26-27H2,1H3,(H,29,33);2H,1H3,(H,3,4)/b18-6-,20-7+;. The van der Waals surface area contributed by atoms with Crippen LogP contribution in [0.2, 0.25) is 0 Å². The van der Waals surface area contributed by atoms with Crippen LogP contribution in [0.15, 0.2) is 48.2 Å². The van der Waals surface area contributed by atoms with Gasteiger partial charge in [-0.1, -0.05) is 5.21 Å². The molecule has 1 aliphatic carbocycles. The first-order valence-corrected chi connectivity index (χ1v) is 11.7. The first-order valence-electron chi connectivity index (χ1n) is 11.7. The van der Waals surface area contributed by atoms with Gasteiger partial charge in [0.25, 0.3) is 5.92 Å². The van der Waals surface area contributed by atoms with Crippen molar-refractivity contribution in [2.75, 3.05) is 7.05 Å². The van der Waals surface area contributed by atoms with Gasteiger partial charge in [0.05, 0.1) is 24.4 Å². The van der Waals surface area contributed by atoms with E-state index in [1.54, 1.807) is 20.2 Å². The van der Waals surface area contributed by atoms with Crippen LogP contribution in [0.4, 0.5) is 13.2 Å². The van der Waals surface area contributed by atoms with Crippen molar-refractivity contribution in [2.45, 2.75) is 57.7 Å². The lowest BCUT2D eigenvalue weighted by molar-refractivity contribution is -0.119. The van der Waals surface area contributed by atoms with E-state index in [1.165, 1.54) is 35.2 Å². The summed E-state index contributed by atoms with van der Waals surface area (Å²) in [6.45, 7) is 1.86. The average molecular weight is 523 g/mol. The first kappa shape index (κ1) is 29.3. The van der Waals surface area contributed by atoms with Crippen molar-refractivity contribution in [3.63, 3.8) is 0 Å². The largest absolute Gasteiger partial charge is 0.402 e. The van der Waals surface area contributed by atoms with E-state index in [1.807, 2.05) is 0 Å². The third kappa shape index (κ3) is 10.3. The van der Waals surface area contributed by atoms with Crippen LogP contribution in [0.25, 0.3) is 0 Å². The Morgan fingerprint density at radius 3 is 2.62 bits per heavy atom. The molecule has 0 bridgehead atoms. The molecule has 1 atom stereocenters. The minimum Gasteiger partial charge on any atom is -0.402 e. The van der Waals surface area contributed by atoms with Gasteiger partial charge >= 0.3 is 0 Å². The summed E-state index contributed by atoms with van der Waals surface area (Å²) >= 11 is 0. The van der Waals surface area contributed by atoms with Gasteiger partial charge in [0.1, 0.15) is 12.0 Å². The van der Waals surface area contributed by atoms with E-state index in [-0.39, 0.29) is 36.5 Å². The van der Waals surface area contributed by atoms with E-state index in [0.717, 1.165) is 0 Å². The highest BCUT2D eigenvalue weighted by molar-refractivity contribution is 5.79. The molecule has 1 saturated carbocycles. The Kier molecular flexibility index (Phi) is 11.1. The molecule has 1 aliphatic rings. The molecule has 0 aromatic carbocycles. The predicted octanol–water partition coefficient (Wildman–Crippen LogP) is 1.97. The summed E-state index contributed by atoms with van der Waals surface area (Å²) < 4.78 is 44.0. The van der Waals surface area contributed by atoms with Gasteiger partial charge < -0.3 is 22.1 Å². The molecular weight excluding hydrogens is 489 g/mol. The molecule has 37 heavy (non-hydrogen) atoms. The lowest BCUT2D eigenvalue weighted by Gasteiger charge is -2.16. The number of aryl methyl sites for hydroxylation is 1. The number of aromatic nitrogens is 4. The zero-order valence-electron chi connectivity index (χ0n) is 20.8. The molecule has 2 aromatic heterocycles. The van der Waals surface area contributed by atoms with Gasteiger partial charge in [0, 0.05) is 36.6 Å². The number of nitrogens with two attached hydrogens (primary N) is 2. The quantitative estimate of drug-likeness (QED) is 0.245. The van der Waals surface area contributed by atoms with Crippen LogP contribution < -0.4 is 22.1 Å². The molecule has 2 amide bonds. The van der Waals surface area contributed by atoms with Gasteiger partial charge in [-0.05, 0) is 56.9 Å². The van der Waals surface area contributed by atoms with Crippen molar-refractivity contribution >= 4 is 12.3 Å². The van der Waals surface area contributed by atoms with Crippen LogP contribution in [-0.2, 0) is 28.5 Å². The predicted molar refractivity (Wildman–Crippen MR) is 131 cm³/mol. The average Bonchev–Trinajstić information content (AvgIpc) is 3.65. The Balaban J connectivity index is 0.00000112. The second kappa shape index (κ2) is 14.0. The smallest absolute Gasteiger partial charge is 0.276 e. The zero-order chi connectivity index (χ0) is 27.4. The van der Waals surface area contributed by atoms with Crippen LogP contribution >= 0.6 is 0 Å². The van der Waals surface area contributed by atoms with Gasteiger partial charge in [0.2, 0.25) is 12.3 Å². The van der Waals surface area contributed by atoms with Gasteiger partial charge in [0.15, 0.2) is 0 Å². The monoisotopic (exact) mass is 522 g/mol. The minimum absolute atomic E-state index is 0.0253. The number of nitrogens with one attached hydrogen (secondary N) is 2. The number of rotatable bonds is 12. The summed E-state index contributed by atoms with van der Waals surface area (Å²) in [7, 11) is 1.56. The summed E-state index contributed by atoms with van der Waals surface area (Å²) in [5.74, 6) is -4.03. The van der Waals surface area contributed by atoms with E-state index in [0.29, 0.717) is 37.1 Å². The highest BCUT2D eigenvalue weighted by Gasteiger charge is 2.48. The lowest BCUT2D eigenvalue weighted by Crippen LogP contribution is -2.29. The number of nitrogens with zero attached hydrogens (tertiary/aromatic N) is 4. The normalized spacial score (nSPS) is 14.8. The number of carbonyl (C=O) groups is 2. The van der Waals surface area contributed by atoms with E-state index in [4.69, 9.17) is 16.3 Å². The summed E-state index contributed by atoms with van der Waals surface area (Å²) in [6, 6.07) is 2.53. The van der Waals surface area contributed by atoms with Crippen molar-refractivity contribution < 1.29 is 22.8 Å². The van der Waals surface area contributed by atoms with Crippen LogP contribution in [0.1, 0.15) is 42.6 Å². The number of pyridine rings is 1. The summed E-state index contributed by atoms with van der Waals surface area (Å²) in [5, 5.41) is 12.3. The fraction of sp³-hybridized carbons (Fsp3) is 0.458. The van der Waals surface area contributed by atoms with Gasteiger partial charge in [-0.3, -0.25) is 14.6 Å². The maximum Gasteiger partial charge on any atom is 0.276 e. The third-order valence-corrected chi connectivity index (χ3v) is 5.30. The molecule has 202 valence electrons. The van der Waals surface area contributed by atoms with Crippen molar-refractivity contribution in [2.24, 2.45) is 17.4 Å². The molecular formula is C24H33F3N8O2. The van der Waals surface area contributed by atoms with Crippen LogP contribution in [0.5, 0.6) is 0 Å². The SMILES string of the molecule is CNC=O.Cc1cn(CC(F)CC/C(N)=C/C=C(\N)NC(=O)Cc2cc(C(F)(F)C3CC3)ccn2)nn1. The van der Waals surface area contributed by atoms with E-state index in [2.05, 4.69) is 25.9 Å². The molecule has 2 heterocycles. The summed E-state index contributed by atoms with van der Waals surface area (Å²) in [6.07, 6.45) is 6.56. The number of allylic oxidation sites excluding steroid dienone is 3. The topological polar surface area (TPSA) is 154 Å². The molecule has 1 fully saturated rings. The molecule has 10 nitrogen and oxygen atoms in total. The maximum atomic E-state index is 14.3. The van der Waals surface area contributed by atoms with Crippen molar-refractivity contribution in [3.05, 3.63) is 65.1 Å². The lowest BCUT2D eigenvalue weighted by atomic mass is 10.0. The van der Waals surface area contributed by atoms with Gasteiger partial charge in [-0.15, -0.1) is 5.10 Å². The Hall–Kier alpha value is -3.90. The van der Waals surface area contributed by atoms with Gasteiger partial charge in [-0.25, -0.2) is 17.9 Å². The molecule has 0 aliphatic heterocycles. The first-order chi connectivity index (χ1) is 17.5. The molecule has 0 spiro atoms. The number of amides is 2. The Labute approximate surface area is 213 Å².